The van der Waals surface area contributed by atoms with E-state index in [1.807, 2.05) is 0 Å². The number of alkyl halides is 2. The first-order valence-corrected chi connectivity index (χ1v) is 15.3. The Kier molecular flexibility index (Phi) is 7.09. The third-order valence-corrected chi connectivity index (χ3v) is 8.92. The summed E-state index contributed by atoms with van der Waals surface area (Å²) in [7, 11) is -1.76. The summed E-state index contributed by atoms with van der Waals surface area (Å²) in [6, 6.07) is 0. The monoisotopic (exact) mass is 639 g/mol. The molecule has 4 N–H and O–H groups in total. The molecule has 10 atom stereocenters. The van der Waals surface area contributed by atoms with Crippen LogP contribution in [-0.2, 0) is 36.7 Å². The quantitative estimate of drug-likeness (QED) is 0.231. The second-order valence-corrected chi connectivity index (χ2v) is 12.1. The zero-order valence-corrected chi connectivity index (χ0v) is 23.4. The fourth-order valence-corrected chi connectivity index (χ4v) is 6.90. The first-order chi connectivity index (χ1) is 20.6. The molecule has 224 valence electrons. The highest BCUT2D eigenvalue weighted by Gasteiger charge is 2.55. The number of nitrogen functional groups attached to an aromatic ring is 2. The van der Waals surface area contributed by atoms with Gasteiger partial charge in [0.05, 0.1) is 19.3 Å². The standard InChI is InChI=1S/C20H20BF2N10O8P2/c21-43(35)37-2-8-13(9(22)19(39-8)32-5-30-11-15(24)26-3-28-17(11)32)40-42(34)36-1-7-14(41-43)10(23)20(38-7)33-6-31-12-16(25)27-4-29-18(12)33/h3-10,13-14,19-20H,1-2H2,(H2,24,26,28)(H2,25,27,29)/q+1/t7-,8-,9-,10-,13-,14-,19-,20-,43-/m1/s1. The maximum absolute atomic E-state index is 15.8. The fourth-order valence-electron chi connectivity index (χ4n) is 5.11. The van der Waals surface area contributed by atoms with Crippen LogP contribution >= 0.6 is 15.7 Å². The van der Waals surface area contributed by atoms with Crippen LogP contribution in [0.1, 0.15) is 12.5 Å². The van der Waals surface area contributed by atoms with E-state index in [2.05, 4.69) is 29.9 Å². The molecule has 23 heteroatoms. The molecule has 4 aromatic rings. The van der Waals surface area contributed by atoms with Gasteiger partial charge in [0.15, 0.2) is 53.8 Å². The molecule has 3 fully saturated rings. The number of aromatic nitrogens is 8. The normalized spacial score (nSPS) is 36.3. The van der Waals surface area contributed by atoms with E-state index in [4.69, 9.17) is 46.6 Å². The summed E-state index contributed by atoms with van der Waals surface area (Å²) >= 11 is 0. The maximum atomic E-state index is 15.8. The van der Waals surface area contributed by atoms with E-state index in [-0.39, 0.29) is 34.0 Å². The van der Waals surface area contributed by atoms with Crippen LogP contribution in [0.25, 0.3) is 22.3 Å². The van der Waals surface area contributed by atoms with Crippen molar-refractivity contribution in [2.24, 2.45) is 0 Å². The molecule has 0 bridgehead atoms. The summed E-state index contributed by atoms with van der Waals surface area (Å²) < 4.78 is 93.1. The molecule has 43 heavy (non-hydrogen) atoms. The molecule has 1 unspecified atom stereocenters. The highest BCUT2D eigenvalue weighted by atomic mass is 31.2. The SMILES string of the molecule is [B][P@@]1(=O)OC[C@H]2O[C@@H](n3cnc4c(N)ncnc43)[C@H](F)[C@@H]2O[P+](=O)OC[C@H]2O[C@@H](n3cnc4c(N)ncnc43)[C@H](F)[C@@H]2O1. The number of anilines is 2. The van der Waals surface area contributed by atoms with Gasteiger partial charge in [0.2, 0.25) is 7.57 Å². The van der Waals surface area contributed by atoms with E-state index in [9.17, 15) is 9.13 Å². The highest BCUT2D eigenvalue weighted by molar-refractivity contribution is 7.79. The predicted molar refractivity (Wildman–Crippen MR) is 140 cm³/mol. The van der Waals surface area contributed by atoms with Crippen molar-refractivity contribution in [1.29, 1.82) is 0 Å². The fraction of sp³-hybridized carbons (Fsp3) is 0.500. The van der Waals surface area contributed by atoms with Gasteiger partial charge >= 0.3 is 8.25 Å². The molecule has 0 saturated carbocycles. The molecule has 0 amide bonds. The number of nitrogens with two attached hydrogens (primary N) is 2. The van der Waals surface area contributed by atoms with Crippen LogP contribution in [0, 0.1) is 0 Å². The summed E-state index contributed by atoms with van der Waals surface area (Å²) in [5, 5.41) is 0. The summed E-state index contributed by atoms with van der Waals surface area (Å²) in [6.07, 6.45) is -7.92. The second kappa shape index (κ2) is 10.7. The summed E-state index contributed by atoms with van der Waals surface area (Å²) in [5.41, 5.74) is 12.3. The van der Waals surface area contributed by atoms with Gasteiger partial charge in [-0.25, -0.2) is 38.7 Å². The Bertz CT molecular complexity index is 1770. The average molecular weight is 639 g/mol. The number of ether oxygens (including phenoxy) is 2. The number of halogens is 2. The van der Waals surface area contributed by atoms with Crippen LogP contribution < -0.4 is 11.5 Å². The van der Waals surface area contributed by atoms with Crippen LogP contribution in [0.15, 0.2) is 25.3 Å². The molecule has 7 rings (SSSR count). The van der Waals surface area contributed by atoms with Crippen molar-refractivity contribution in [2.45, 2.75) is 49.2 Å². The van der Waals surface area contributed by atoms with Crippen LogP contribution in [0.2, 0.25) is 0 Å². The Morgan fingerprint density at radius 2 is 1.40 bits per heavy atom. The Morgan fingerprint density at radius 3 is 1.98 bits per heavy atom. The number of imidazole rings is 2. The van der Waals surface area contributed by atoms with Gasteiger partial charge in [-0.3, -0.25) is 13.7 Å². The lowest BCUT2D eigenvalue weighted by Gasteiger charge is -2.25. The van der Waals surface area contributed by atoms with Gasteiger partial charge in [0.1, 0.15) is 48.6 Å². The number of nitrogens with zero attached hydrogens (tertiary/aromatic N) is 8. The first kappa shape index (κ1) is 28.5. The van der Waals surface area contributed by atoms with Crippen LogP contribution in [-0.4, -0.2) is 96.6 Å². The largest absolute Gasteiger partial charge is 0.697 e. The lowest BCUT2D eigenvalue weighted by Crippen LogP contribution is -2.36. The smallest absolute Gasteiger partial charge is 0.382 e. The van der Waals surface area contributed by atoms with Crippen molar-refractivity contribution in [2.75, 3.05) is 24.7 Å². The van der Waals surface area contributed by atoms with E-state index in [0.717, 1.165) is 12.7 Å². The van der Waals surface area contributed by atoms with Crippen molar-refractivity contribution in [1.82, 2.24) is 39.0 Å². The van der Waals surface area contributed by atoms with Gasteiger partial charge in [0.25, 0.3) is 7.47 Å². The van der Waals surface area contributed by atoms with Crippen LogP contribution in [0.4, 0.5) is 20.4 Å². The van der Waals surface area contributed by atoms with E-state index in [0.29, 0.717) is 0 Å². The predicted octanol–water partition coefficient (Wildman–Crippen LogP) is 1.05. The van der Waals surface area contributed by atoms with Crippen molar-refractivity contribution in [3.63, 3.8) is 0 Å². The Balaban J connectivity index is 1.14. The van der Waals surface area contributed by atoms with Crippen LogP contribution in [0.3, 0.4) is 0 Å². The van der Waals surface area contributed by atoms with Crippen LogP contribution in [0.5, 0.6) is 0 Å². The van der Waals surface area contributed by atoms with E-state index >= 15 is 8.78 Å². The number of fused-ring (bicyclic) bond motifs is 4. The third kappa shape index (κ3) is 4.95. The van der Waals surface area contributed by atoms with Crippen molar-refractivity contribution < 1.29 is 45.5 Å². The summed E-state index contributed by atoms with van der Waals surface area (Å²) in [5.74, 6) is 0.109. The molecule has 0 aliphatic carbocycles. The van der Waals surface area contributed by atoms with Crippen molar-refractivity contribution >= 4 is 57.3 Å². The lowest BCUT2D eigenvalue weighted by molar-refractivity contribution is -0.0541. The molecule has 2 radical (unpaired) electrons. The lowest BCUT2D eigenvalue weighted by atomic mass is 10.1. The third-order valence-electron chi connectivity index (χ3n) is 7.10. The molecule has 4 aromatic heterocycles. The minimum Gasteiger partial charge on any atom is -0.382 e. The maximum Gasteiger partial charge on any atom is 0.697 e. The molecule has 18 nitrogen and oxygen atoms in total. The van der Waals surface area contributed by atoms with Gasteiger partial charge in [0, 0.05) is 4.57 Å². The highest BCUT2D eigenvalue weighted by Crippen LogP contribution is 2.51. The number of rotatable bonds is 2. The molecule has 0 aromatic carbocycles. The Hall–Kier alpha value is -3.29. The molecule has 3 aliphatic rings. The number of hydrogen-bond acceptors (Lipinski definition) is 16. The molecule has 7 heterocycles. The minimum atomic E-state index is -4.55. The minimum absolute atomic E-state index is 0.0528. The Labute approximate surface area is 241 Å². The average Bonchev–Trinajstić information content (AvgIpc) is 3.73. The topological polar surface area (TPSA) is 229 Å². The van der Waals surface area contributed by atoms with E-state index in [1.165, 1.54) is 21.8 Å². The molecule has 3 saturated heterocycles. The Morgan fingerprint density at radius 1 is 0.860 bits per heavy atom. The van der Waals surface area contributed by atoms with Gasteiger partial charge in [-0.1, -0.05) is 0 Å². The first-order valence-electron chi connectivity index (χ1n) is 12.5. The van der Waals surface area contributed by atoms with E-state index in [1.54, 1.807) is 0 Å². The van der Waals surface area contributed by atoms with Gasteiger partial charge in [-0.05, 0) is 0 Å². The molecule has 3 aliphatic heterocycles. The van der Waals surface area contributed by atoms with E-state index < -0.39 is 78.2 Å². The molecular weight excluding hydrogens is 619 g/mol. The molecule has 0 spiro atoms. The van der Waals surface area contributed by atoms with Crippen molar-refractivity contribution in [3.05, 3.63) is 25.3 Å². The van der Waals surface area contributed by atoms with Gasteiger partial charge < -0.3 is 30.0 Å². The molecular formula is C20H20BF2N10O8P2+. The summed E-state index contributed by atoms with van der Waals surface area (Å²) in [4.78, 5) is 24.0. The van der Waals surface area contributed by atoms with Gasteiger partial charge in [-0.15, -0.1) is 9.05 Å². The zero-order valence-electron chi connectivity index (χ0n) is 21.6. The second-order valence-electron chi connectivity index (χ2n) is 9.68. The zero-order chi connectivity index (χ0) is 30.0. The van der Waals surface area contributed by atoms with Crippen molar-refractivity contribution in [3.8, 4) is 0 Å². The number of hydrogen-bond donors (Lipinski definition) is 2. The van der Waals surface area contributed by atoms with Gasteiger partial charge in [-0.2, -0.15) is 0 Å². The summed E-state index contributed by atoms with van der Waals surface area (Å²) in [6.45, 7) is -1.26.